The first-order chi connectivity index (χ1) is 22.5. The van der Waals surface area contributed by atoms with Crippen LogP contribution in [0.15, 0.2) is 65.8 Å². The number of piperidine rings is 1. The average Bonchev–Trinajstić information content (AvgIpc) is 3.47. The number of aromatic hydroxyl groups is 1. The highest BCUT2D eigenvalue weighted by Gasteiger charge is 2.30. The number of pyridine rings is 1. The maximum absolute atomic E-state index is 13.4. The SMILES string of the molecule is CC(C)(C)C(=N)CC(=Nc1ccc(O)c(Cl)c1)NC(=O)NC1CCC(Oc2ccc3nnc(N4CCCCC4)n3c2)c2ccccc21. The number of amidine groups is 1. The molecule has 0 spiro atoms. The molecule has 11 nitrogen and oxygen atoms in total. The molecule has 2 atom stereocenters. The van der Waals surface area contributed by atoms with Gasteiger partial charge >= 0.3 is 6.03 Å². The number of aromatic nitrogens is 3. The van der Waals surface area contributed by atoms with E-state index in [-0.39, 0.29) is 29.3 Å². The zero-order valence-electron chi connectivity index (χ0n) is 27.0. The minimum atomic E-state index is -0.419. The molecule has 2 aromatic carbocycles. The Labute approximate surface area is 279 Å². The quantitative estimate of drug-likeness (QED) is 0.120. The number of anilines is 1. The van der Waals surface area contributed by atoms with E-state index in [9.17, 15) is 9.90 Å². The fourth-order valence-electron chi connectivity index (χ4n) is 6.02. The molecule has 47 heavy (non-hydrogen) atoms. The van der Waals surface area contributed by atoms with Crippen molar-refractivity contribution in [1.29, 1.82) is 5.41 Å². The number of aliphatic imine (C=N–C) groups is 1. The van der Waals surface area contributed by atoms with Crippen molar-refractivity contribution in [3.8, 4) is 11.5 Å². The summed E-state index contributed by atoms with van der Waals surface area (Å²) in [6, 6.07) is 15.8. The molecule has 3 heterocycles. The van der Waals surface area contributed by atoms with Crippen LogP contribution in [0.4, 0.5) is 16.4 Å². The summed E-state index contributed by atoms with van der Waals surface area (Å²) >= 11 is 6.10. The number of amides is 2. The van der Waals surface area contributed by atoms with Crippen molar-refractivity contribution in [2.24, 2.45) is 10.4 Å². The average molecular weight is 657 g/mol. The van der Waals surface area contributed by atoms with Gasteiger partial charge in [-0.2, -0.15) is 0 Å². The molecule has 1 aliphatic heterocycles. The molecule has 6 rings (SSSR count). The molecule has 1 aliphatic carbocycles. The lowest BCUT2D eigenvalue weighted by molar-refractivity contribution is 0.171. The minimum Gasteiger partial charge on any atom is -0.506 e. The highest BCUT2D eigenvalue weighted by Crippen LogP contribution is 2.39. The van der Waals surface area contributed by atoms with Crippen molar-refractivity contribution < 1.29 is 14.6 Å². The van der Waals surface area contributed by atoms with E-state index >= 15 is 0 Å². The summed E-state index contributed by atoms with van der Waals surface area (Å²) in [5.74, 6) is 1.83. The standard InChI is InChI=1S/C35H41ClN8O3/c1-35(2,3)30(37)20-31(38-22-11-14-28(45)26(36)19-22)40-33(46)39-27-13-15-29(25-10-6-5-9-24(25)27)47-23-12-16-32-41-42-34(44(32)21-23)43-17-7-4-8-18-43/h5-6,9-12,14,16,19,21,27,29,37,45H,4,7-8,13,15,17-18,20H2,1-3H3,(H2,38,39,40,46). The molecular formula is C35H41ClN8O3. The zero-order chi connectivity index (χ0) is 33.1. The molecule has 12 heteroatoms. The number of ether oxygens (including phenoxy) is 1. The van der Waals surface area contributed by atoms with Gasteiger partial charge in [0.25, 0.3) is 0 Å². The number of fused-ring (bicyclic) bond motifs is 2. The molecule has 2 amide bonds. The van der Waals surface area contributed by atoms with E-state index in [1.807, 2.05) is 67.8 Å². The predicted molar refractivity (Wildman–Crippen MR) is 185 cm³/mol. The van der Waals surface area contributed by atoms with Gasteiger partial charge in [-0.25, -0.2) is 9.79 Å². The number of nitrogens with zero attached hydrogens (tertiary/aromatic N) is 5. The topological polar surface area (TPSA) is 140 Å². The number of urea groups is 1. The predicted octanol–water partition coefficient (Wildman–Crippen LogP) is 7.52. The molecule has 0 bridgehead atoms. The lowest BCUT2D eigenvalue weighted by Crippen LogP contribution is -2.43. The van der Waals surface area contributed by atoms with E-state index < -0.39 is 11.4 Å². The second kappa shape index (κ2) is 13.6. The van der Waals surface area contributed by atoms with Crippen molar-refractivity contribution in [3.05, 3.63) is 76.9 Å². The number of carbonyl (C=O) groups is 1. The molecule has 1 saturated heterocycles. The third-order valence-corrected chi connectivity index (χ3v) is 9.02. The molecule has 2 unspecified atom stereocenters. The number of hydrogen-bond donors (Lipinski definition) is 4. The molecule has 4 aromatic rings. The third-order valence-electron chi connectivity index (χ3n) is 8.72. The van der Waals surface area contributed by atoms with Gasteiger partial charge in [0.2, 0.25) is 5.95 Å². The summed E-state index contributed by atoms with van der Waals surface area (Å²) < 4.78 is 8.59. The van der Waals surface area contributed by atoms with Gasteiger partial charge in [-0.1, -0.05) is 56.6 Å². The van der Waals surface area contributed by atoms with Gasteiger partial charge in [-0.3, -0.25) is 9.72 Å². The summed E-state index contributed by atoms with van der Waals surface area (Å²) in [7, 11) is 0. The zero-order valence-corrected chi connectivity index (χ0v) is 27.7. The Kier molecular flexibility index (Phi) is 9.35. The Morgan fingerprint density at radius 1 is 1.06 bits per heavy atom. The Bertz CT molecular complexity index is 1810. The summed E-state index contributed by atoms with van der Waals surface area (Å²) in [6.45, 7) is 7.78. The van der Waals surface area contributed by atoms with E-state index in [2.05, 4.69) is 30.7 Å². The lowest BCUT2D eigenvalue weighted by atomic mass is 9.85. The van der Waals surface area contributed by atoms with Gasteiger partial charge in [0, 0.05) is 25.2 Å². The number of rotatable bonds is 7. The highest BCUT2D eigenvalue weighted by atomic mass is 35.5. The smallest absolute Gasteiger partial charge is 0.320 e. The second-order valence-corrected chi connectivity index (χ2v) is 13.6. The second-order valence-electron chi connectivity index (χ2n) is 13.2. The molecule has 2 aromatic heterocycles. The molecule has 1 fully saturated rings. The van der Waals surface area contributed by atoms with Crippen LogP contribution in [0.25, 0.3) is 5.65 Å². The van der Waals surface area contributed by atoms with E-state index in [0.29, 0.717) is 30.1 Å². The highest BCUT2D eigenvalue weighted by molar-refractivity contribution is 6.32. The minimum absolute atomic E-state index is 0.0555. The number of hydrogen-bond acceptors (Lipinski definition) is 8. The number of phenols is 1. The Morgan fingerprint density at radius 3 is 2.57 bits per heavy atom. The lowest BCUT2D eigenvalue weighted by Gasteiger charge is -2.32. The monoisotopic (exact) mass is 656 g/mol. The van der Waals surface area contributed by atoms with E-state index in [1.165, 1.54) is 18.6 Å². The maximum Gasteiger partial charge on any atom is 0.320 e. The Morgan fingerprint density at radius 2 is 1.83 bits per heavy atom. The van der Waals surface area contributed by atoms with Gasteiger partial charge in [-0.15, -0.1) is 10.2 Å². The van der Waals surface area contributed by atoms with Crippen molar-refractivity contribution in [3.63, 3.8) is 0 Å². The number of carbonyl (C=O) groups excluding carboxylic acids is 1. The van der Waals surface area contributed by atoms with Crippen LogP contribution in [0.5, 0.6) is 11.5 Å². The summed E-state index contributed by atoms with van der Waals surface area (Å²) in [4.78, 5) is 20.3. The summed E-state index contributed by atoms with van der Waals surface area (Å²) in [5, 5.41) is 33.4. The van der Waals surface area contributed by atoms with Crippen LogP contribution < -0.4 is 20.3 Å². The Balaban J connectivity index is 1.18. The first kappa shape index (κ1) is 32.3. The van der Waals surface area contributed by atoms with Crippen LogP contribution in [0, 0.1) is 10.8 Å². The largest absolute Gasteiger partial charge is 0.506 e. The first-order valence-electron chi connectivity index (χ1n) is 16.1. The number of nitrogens with one attached hydrogen (secondary N) is 3. The van der Waals surface area contributed by atoms with Crippen LogP contribution in [0.1, 0.15) is 82.6 Å². The van der Waals surface area contributed by atoms with Crippen LogP contribution in [-0.2, 0) is 0 Å². The number of halogens is 1. The first-order valence-corrected chi connectivity index (χ1v) is 16.5. The molecule has 0 saturated carbocycles. The number of benzene rings is 2. The van der Waals surface area contributed by atoms with Crippen LogP contribution in [-0.4, -0.2) is 50.4 Å². The molecule has 2 aliphatic rings. The fourth-order valence-corrected chi connectivity index (χ4v) is 6.19. The van der Waals surface area contributed by atoms with Crippen LogP contribution in [0.3, 0.4) is 0 Å². The van der Waals surface area contributed by atoms with Gasteiger partial charge in [-0.05, 0) is 79.0 Å². The van der Waals surface area contributed by atoms with Gasteiger partial charge in [0.1, 0.15) is 23.4 Å². The van der Waals surface area contributed by atoms with E-state index in [1.54, 1.807) is 6.07 Å². The maximum atomic E-state index is 13.4. The van der Waals surface area contributed by atoms with Gasteiger partial charge < -0.3 is 25.5 Å². The van der Waals surface area contributed by atoms with Gasteiger partial charge in [0.15, 0.2) is 5.65 Å². The van der Waals surface area contributed by atoms with Crippen molar-refractivity contribution in [2.75, 3.05) is 18.0 Å². The van der Waals surface area contributed by atoms with Crippen LogP contribution in [0.2, 0.25) is 5.02 Å². The Hall–Kier alpha value is -4.64. The van der Waals surface area contributed by atoms with E-state index in [4.69, 9.17) is 21.7 Å². The molecule has 4 N–H and O–H groups in total. The summed E-state index contributed by atoms with van der Waals surface area (Å²) in [6.07, 6.45) is 6.83. The number of phenolic OH excluding ortho intramolecular Hbond substituents is 1. The summed E-state index contributed by atoms with van der Waals surface area (Å²) in [5.41, 5.74) is 3.26. The van der Waals surface area contributed by atoms with Crippen molar-refractivity contribution in [2.45, 2.75) is 71.4 Å². The van der Waals surface area contributed by atoms with Crippen LogP contribution >= 0.6 is 11.6 Å². The van der Waals surface area contributed by atoms with E-state index in [0.717, 1.165) is 54.4 Å². The van der Waals surface area contributed by atoms with Crippen molar-refractivity contribution >= 4 is 46.5 Å². The van der Waals surface area contributed by atoms with Gasteiger partial charge in [0.05, 0.1) is 22.9 Å². The molecule has 246 valence electrons. The molecular weight excluding hydrogens is 616 g/mol. The fraction of sp³-hybridized carbons (Fsp3) is 0.400. The van der Waals surface area contributed by atoms with Crippen molar-refractivity contribution in [1.82, 2.24) is 25.2 Å². The normalized spacial score (nSPS) is 18.5. The molecule has 0 radical (unpaired) electrons. The third kappa shape index (κ3) is 7.51.